The molecule has 0 unspecified atom stereocenters. The van der Waals surface area contributed by atoms with Gasteiger partial charge in [0.1, 0.15) is 17.7 Å². The Labute approximate surface area is 216 Å². The summed E-state index contributed by atoms with van der Waals surface area (Å²) >= 11 is 0. The molecule has 196 valence electrons. The number of nitrogens with zero attached hydrogens (tertiary/aromatic N) is 1. The van der Waals surface area contributed by atoms with E-state index < -0.39 is 35.7 Å². The quantitative estimate of drug-likeness (QED) is 0.452. The topological polar surface area (TPSA) is 116 Å². The number of ether oxygens (including phenoxy) is 2. The standard InChI is InChI=1S/C28H33N3O6/c1-18(32)29-22(15-19-11-7-6-8-12-19)25(33)30-23(26(34)36-5)16-20-17-31(27(35)37-28(2,3)4)24-14-10-9-13-21(20)24/h6-14,17,22-23H,15-16H2,1-5H3,(H,29,32)(H,30,33)/t22-,23+/m1/s1. The number of rotatable bonds is 8. The van der Waals surface area contributed by atoms with Crippen molar-refractivity contribution in [1.82, 2.24) is 15.2 Å². The van der Waals surface area contributed by atoms with Crippen LogP contribution in [-0.4, -0.2) is 53.2 Å². The van der Waals surface area contributed by atoms with E-state index in [1.165, 1.54) is 18.6 Å². The molecule has 1 heterocycles. The third-order valence-electron chi connectivity index (χ3n) is 5.59. The highest BCUT2D eigenvalue weighted by molar-refractivity contribution is 5.94. The highest BCUT2D eigenvalue weighted by atomic mass is 16.6. The van der Waals surface area contributed by atoms with Crippen LogP contribution in [0.25, 0.3) is 10.9 Å². The molecule has 0 radical (unpaired) electrons. The van der Waals surface area contributed by atoms with E-state index in [0.717, 1.165) is 10.9 Å². The van der Waals surface area contributed by atoms with Crippen molar-refractivity contribution in [2.45, 2.75) is 58.2 Å². The third-order valence-corrected chi connectivity index (χ3v) is 5.59. The molecule has 2 N–H and O–H groups in total. The molecule has 0 aliphatic heterocycles. The lowest BCUT2D eigenvalue weighted by molar-refractivity contribution is -0.145. The number of methoxy groups -OCH3 is 1. The number of amides is 2. The summed E-state index contributed by atoms with van der Waals surface area (Å²) in [6, 6.07) is 14.5. The van der Waals surface area contributed by atoms with Crippen LogP contribution in [-0.2, 0) is 36.7 Å². The van der Waals surface area contributed by atoms with Crippen LogP contribution in [0.1, 0.15) is 38.8 Å². The van der Waals surface area contributed by atoms with Crippen LogP contribution in [0, 0.1) is 0 Å². The van der Waals surface area contributed by atoms with Gasteiger partial charge in [0.05, 0.1) is 12.6 Å². The van der Waals surface area contributed by atoms with Crippen molar-refractivity contribution in [2.24, 2.45) is 0 Å². The van der Waals surface area contributed by atoms with Crippen molar-refractivity contribution in [3.63, 3.8) is 0 Å². The summed E-state index contributed by atoms with van der Waals surface area (Å²) in [6.07, 6.45) is 1.36. The van der Waals surface area contributed by atoms with Crippen molar-refractivity contribution in [3.8, 4) is 0 Å². The van der Waals surface area contributed by atoms with Crippen LogP contribution in [0.4, 0.5) is 4.79 Å². The van der Waals surface area contributed by atoms with Crippen molar-refractivity contribution in [1.29, 1.82) is 0 Å². The summed E-state index contributed by atoms with van der Waals surface area (Å²) in [5.74, 6) is -1.54. The Morgan fingerprint density at radius 1 is 0.892 bits per heavy atom. The summed E-state index contributed by atoms with van der Waals surface area (Å²) in [4.78, 5) is 50.6. The van der Waals surface area contributed by atoms with E-state index in [9.17, 15) is 19.2 Å². The zero-order valence-corrected chi connectivity index (χ0v) is 21.7. The SMILES string of the molecule is COC(=O)[C@H](Cc1cn(C(=O)OC(C)(C)C)c2ccccc12)NC(=O)[C@@H](Cc1ccccc1)NC(C)=O. The van der Waals surface area contributed by atoms with Crippen molar-refractivity contribution in [2.75, 3.05) is 7.11 Å². The molecule has 3 rings (SSSR count). The average molecular weight is 508 g/mol. The predicted molar refractivity (Wildman–Crippen MR) is 139 cm³/mol. The molecule has 37 heavy (non-hydrogen) atoms. The van der Waals surface area contributed by atoms with E-state index in [4.69, 9.17) is 9.47 Å². The van der Waals surface area contributed by atoms with Crippen LogP contribution in [0.3, 0.4) is 0 Å². The maximum absolute atomic E-state index is 13.2. The predicted octanol–water partition coefficient (Wildman–Crippen LogP) is 3.37. The molecule has 2 amide bonds. The van der Waals surface area contributed by atoms with Crippen molar-refractivity contribution >= 4 is 34.8 Å². The van der Waals surface area contributed by atoms with E-state index in [0.29, 0.717) is 11.1 Å². The molecule has 2 aromatic carbocycles. The van der Waals surface area contributed by atoms with Crippen LogP contribution in [0.15, 0.2) is 60.8 Å². The van der Waals surface area contributed by atoms with Gasteiger partial charge in [0.15, 0.2) is 0 Å². The summed E-state index contributed by atoms with van der Waals surface area (Å²) in [6.45, 7) is 6.67. The van der Waals surface area contributed by atoms with E-state index >= 15 is 0 Å². The highest BCUT2D eigenvalue weighted by Crippen LogP contribution is 2.24. The molecular weight excluding hydrogens is 474 g/mol. The molecule has 9 heteroatoms. The van der Waals surface area contributed by atoms with Crippen LogP contribution in [0.5, 0.6) is 0 Å². The Balaban J connectivity index is 1.89. The lowest BCUT2D eigenvalue weighted by Crippen LogP contribution is -2.53. The number of hydrogen-bond acceptors (Lipinski definition) is 6. The number of benzene rings is 2. The van der Waals surface area contributed by atoms with E-state index in [1.54, 1.807) is 39.1 Å². The van der Waals surface area contributed by atoms with Gasteiger partial charge in [0.25, 0.3) is 0 Å². The molecule has 0 bridgehead atoms. The number of carbonyl (C=O) groups excluding carboxylic acids is 4. The fraction of sp³-hybridized carbons (Fsp3) is 0.357. The molecule has 3 aromatic rings. The first kappa shape index (κ1) is 27.4. The minimum absolute atomic E-state index is 0.0624. The minimum atomic E-state index is -1.05. The third kappa shape index (κ3) is 7.42. The van der Waals surface area contributed by atoms with Crippen molar-refractivity contribution < 1.29 is 28.7 Å². The Morgan fingerprint density at radius 3 is 2.16 bits per heavy atom. The molecule has 1 aromatic heterocycles. The van der Waals surface area contributed by atoms with Crippen LogP contribution in [0.2, 0.25) is 0 Å². The summed E-state index contributed by atoms with van der Waals surface area (Å²) < 4.78 is 11.9. The van der Waals surface area contributed by atoms with E-state index in [1.807, 2.05) is 42.5 Å². The summed E-state index contributed by atoms with van der Waals surface area (Å²) in [5.41, 5.74) is 1.42. The first-order valence-corrected chi connectivity index (χ1v) is 12.0. The van der Waals surface area contributed by atoms with Gasteiger partial charge < -0.3 is 20.1 Å². The zero-order valence-electron chi connectivity index (χ0n) is 21.7. The number of fused-ring (bicyclic) bond motifs is 1. The average Bonchev–Trinajstić information content (AvgIpc) is 3.20. The number of carbonyl (C=O) groups is 4. The fourth-order valence-corrected chi connectivity index (χ4v) is 4.01. The van der Waals surface area contributed by atoms with Gasteiger partial charge in [-0.1, -0.05) is 48.5 Å². The Bertz CT molecular complexity index is 1280. The molecule has 0 saturated carbocycles. The smallest absolute Gasteiger partial charge is 0.419 e. The lowest BCUT2D eigenvalue weighted by atomic mass is 10.0. The number of hydrogen-bond donors (Lipinski definition) is 2. The van der Waals surface area contributed by atoms with Gasteiger partial charge in [0.2, 0.25) is 11.8 Å². The van der Waals surface area contributed by atoms with Gasteiger partial charge in [0, 0.05) is 31.3 Å². The van der Waals surface area contributed by atoms with Gasteiger partial charge >= 0.3 is 12.1 Å². The first-order chi connectivity index (χ1) is 17.5. The molecule has 0 saturated heterocycles. The van der Waals surface area contributed by atoms with Crippen LogP contribution < -0.4 is 10.6 Å². The maximum Gasteiger partial charge on any atom is 0.419 e. The molecule has 0 spiro atoms. The molecular formula is C28H33N3O6. The summed E-state index contributed by atoms with van der Waals surface area (Å²) in [5, 5.41) is 6.12. The van der Waals surface area contributed by atoms with Gasteiger partial charge in [-0.3, -0.25) is 14.2 Å². The summed E-state index contributed by atoms with van der Waals surface area (Å²) in [7, 11) is 1.24. The van der Waals surface area contributed by atoms with Gasteiger partial charge in [-0.05, 0) is 38.0 Å². The normalized spacial score (nSPS) is 12.9. The largest absolute Gasteiger partial charge is 0.467 e. The van der Waals surface area contributed by atoms with E-state index in [-0.39, 0.29) is 18.7 Å². The molecule has 0 aliphatic rings. The fourth-order valence-electron chi connectivity index (χ4n) is 4.01. The Hall–Kier alpha value is -4.14. The minimum Gasteiger partial charge on any atom is -0.467 e. The zero-order chi connectivity index (χ0) is 27.2. The van der Waals surface area contributed by atoms with Gasteiger partial charge in [-0.15, -0.1) is 0 Å². The van der Waals surface area contributed by atoms with Crippen LogP contribution >= 0.6 is 0 Å². The van der Waals surface area contributed by atoms with Gasteiger partial charge in [-0.2, -0.15) is 0 Å². The monoisotopic (exact) mass is 507 g/mol. The number of aromatic nitrogens is 1. The molecule has 9 nitrogen and oxygen atoms in total. The molecule has 0 fully saturated rings. The number of para-hydroxylation sites is 1. The number of nitrogens with one attached hydrogen (secondary N) is 2. The number of esters is 1. The van der Waals surface area contributed by atoms with Gasteiger partial charge in [-0.25, -0.2) is 9.59 Å². The highest BCUT2D eigenvalue weighted by Gasteiger charge is 2.29. The second-order valence-electron chi connectivity index (χ2n) is 9.75. The maximum atomic E-state index is 13.2. The molecule has 0 aliphatic carbocycles. The lowest BCUT2D eigenvalue weighted by Gasteiger charge is -2.22. The second-order valence-corrected chi connectivity index (χ2v) is 9.75. The molecule has 2 atom stereocenters. The second kappa shape index (κ2) is 11.7. The Kier molecular flexibility index (Phi) is 8.70. The first-order valence-electron chi connectivity index (χ1n) is 12.0. The van der Waals surface area contributed by atoms with E-state index in [2.05, 4.69) is 10.6 Å². The Morgan fingerprint density at radius 2 is 1.54 bits per heavy atom. The van der Waals surface area contributed by atoms with Crippen molar-refractivity contribution in [3.05, 3.63) is 71.9 Å².